The lowest BCUT2D eigenvalue weighted by molar-refractivity contribution is -0.148. The number of esters is 1. The van der Waals surface area contributed by atoms with Gasteiger partial charge in [-0.2, -0.15) is 0 Å². The molecule has 3 nitrogen and oxygen atoms in total. The van der Waals surface area contributed by atoms with Crippen LogP contribution in [0, 0.1) is 0 Å². The molecule has 1 aliphatic rings. The van der Waals surface area contributed by atoms with E-state index in [9.17, 15) is 13.6 Å². The minimum atomic E-state index is -2.73. The zero-order valence-corrected chi connectivity index (χ0v) is 8.00. The molecule has 0 amide bonds. The van der Waals surface area contributed by atoms with Crippen molar-refractivity contribution < 1.29 is 18.3 Å². The maximum atomic E-state index is 12.7. The van der Waals surface area contributed by atoms with Crippen LogP contribution in [0.15, 0.2) is 0 Å². The monoisotopic (exact) mass is 215 g/mol. The van der Waals surface area contributed by atoms with Crippen molar-refractivity contribution in [2.75, 3.05) is 13.7 Å². The summed E-state index contributed by atoms with van der Waals surface area (Å²) in [4.78, 5) is 10.8. The van der Waals surface area contributed by atoms with Gasteiger partial charge in [0.2, 0.25) is 0 Å². The predicted octanol–water partition coefficient (Wildman–Crippen LogP) is 0.968. The van der Waals surface area contributed by atoms with Gasteiger partial charge in [0, 0.05) is 19.4 Å². The highest BCUT2D eigenvalue weighted by atomic mass is 35.5. The second kappa shape index (κ2) is 4.72. The van der Waals surface area contributed by atoms with Crippen molar-refractivity contribution in [2.24, 2.45) is 0 Å². The van der Waals surface area contributed by atoms with Gasteiger partial charge in [-0.1, -0.05) is 0 Å². The fourth-order valence-electron chi connectivity index (χ4n) is 1.21. The molecule has 1 heterocycles. The Kier molecular flexibility index (Phi) is 4.56. The molecule has 78 valence electrons. The number of halogens is 3. The molecule has 0 bridgehead atoms. The first-order valence-corrected chi connectivity index (χ1v) is 3.74. The van der Waals surface area contributed by atoms with E-state index in [1.54, 1.807) is 0 Å². The molecule has 0 aromatic carbocycles. The van der Waals surface area contributed by atoms with Gasteiger partial charge in [-0.25, -0.2) is 8.78 Å². The van der Waals surface area contributed by atoms with Crippen LogP contribution < -0.4 is 5.32 Å². The molecular formula is C7H12ClF2NO2. The SMILES string of the molecule is COC(=O)[C@H]1CC(F)(F)CCN1.Cl. The quantitative estimate of drug-likeness (QED) is 0.663. The number of piperidine rings is 1. The summed E-state index contributed by atoms with van der Waals surface area (Å²) in [5.41, 5.74) is 0. The van der Waals surface area contributed by atoms with Gasteiger partial charge in [0.05, 0.1) is 7.11 Å². The first-order chi connectivity index (χ1) is 5.55. The molecule has 13 heavy (non-hydrogen) atoms. The highest BCUT2D eigenvalue weighted by molar-refractivity contribution is 5.85. The lowest BCUT2D eigenvalue weighted by Crippen LogP contribution is -2.48. The molecule has 0 aromatic rings. The molecule has 0 aliphatic carbocycles. The highest BCUT2D eigenvalue weighted by Crippen LogP contribution is 2.27. The van der Waals surface area contributed by atoms with Crippen LogP contribution >= 0.6 is 12.4 Å². The van der Waals surface area contributed by atoms with Crippen LogP contribution in [0.5, 0.6) is 0 Å². The van der Waals surface area contributed by atoms with Gasteiger partial charge in [0.15, 0.2) is 0 Å². The third-order valence-corrected chi connectivity index (χ3v) is 1.87. The number of methoxy groups -OCH3 is 1. The van der Waals surface area contributed by atoms with Gasteiger partial charge in [0.1, 0.15) is 6.04 Å². The molecule has 0 radical (unpaired) electrons. The Labute approximate surface area is 81.2 Å². The second-order valence-electron chi connectivity index (χ2n) is 2.84. The Balaban J connectivity index is 0.00000144. The van der Waals surface area contributed by atoms with Crippen LogP contribution in [0.25, 0.3) is 0 Å². The van der Waals surface area contributed by atoms with Crippen LogP contribution in [0.2, 0.25) is 0 Å². The van der Waals surface area contributed by atoms with Crippen LogP contribution in [0.3, 0.4) is 0 Å². The van der Waals surface area contributed by atoms with E-state index in [1.165, 1.54) is 7.11 Å². The van der Waals surface area contributed by atoms with Crippen molar-refractivity contribution in [3.63, 3.8) is 0 Å². The maximum Gasteiger partial charge on any atom is 0.323 e. The average molecular weight is 216 g/mol. The predicted molar refractivity (Wildman–Crippen MR) is 45.2 cm³/mol. The third kappa shape index (κ3) is 3.44. The largest absolute Gasteiger partial charge is 0.468 e. The number of carbonyl (C=O) groups excluding carboxylic acids is 1. The molecule has 0 saturated carbocycles. The maximum absolute atomic E-state index is 12.7. The van der Waals surface area contributed by atoms with Crippen molar-refractivity contribution in [1.29, 1.82) is 0 Å². The van der Waals surface area contributed by atoms with E-state index in [2.05, 4.69) is 10.1 Å². The zero-order valence-electron chi connectivity index (χ0n) is 7.18. The van der Waals surface area contributed by atoms with Crippen molar-refractivity contribution in [3.05, 3.63) is 0 Å². The summed E-state index contributed by atoms with van der Waals surface area (Å²) in [5, 5.41) is 2.67. The van der Waals surface area contributed by atoms with Gasteiger partial charge < -0.3 is 10.1 Å². The lowest BCUT2D eigenvalue weighted by atomic mass is 10.0. The van der Waals surface area contributed by atoms with Crippen molar-refractivity contribution in [2.45, 2.75) is 24.8 Å². The Bertz CT molecular complexity index is 189. The summed E-state index contributed by atoms with van der Waals surface area (Å²) >= 11 is 0. The van der Waals surface area contributed by atoms with Gasteiger partial charge in [-0.3, -0.25) is 4.79 Å². The Morgan fingerprint density at radius 3 is 2.69 bits per heavy atom. The molecule has 0 spiro atoms. The molecule has 1 atom stereocenters. The Hall–Kier alpha value is -0.420. The molecule has 1 aliphatic heterocycles. The number of nitrogens with one attached hydrogen (secondary N) is 1. The summed E-state index contributed by atoms with van der Waals surface area (Å²) in [6.45, 7) is 0.159. The third-order valence-electron chi connectivity index (χ3n) is 1.87. The summed E-state index contributed by atoms with van der Waals surface area (Å²) in [7, 11) is 1.19. The van der Waals surface area contributed by atoms with Crippen LogP contribution in [-0.4, -0.2) is 31.6 Å². The van der Waals surface area contributed by atoms with E-state index in [0.29, 0.717) is 0 Å². The number of carbonyl (C=O) groups is 1. The van der Waals surface area contributed by atoms with Crippen molar-refractivity contribution >= 4 is 18.4 Å². The number of hydrogen-bond acceptors (Lipinski definition) is 3. The topological polar surface area (TPSA) is 38.3 Å². The van der Waals surface area contributed by atoms with Gasteiger partial charge in [-0.15, -0.1) is 12.4 Å². The van der Waals surface area contributed by atoms with E-state index >= 15 is 0 Å². The fourth-order valence-corrected chi connectivity index (χ4v) is 1.21. The van der Waals surface area contributed by atoms with Crippen LogP contribution in [0.4, 0.5) is 8.78 Å². The molecule has 6 heteroatoms. The average Bonchev–Trinajstić information content (AvgIpc) is 2.01. The van der Waals surface area contributed by atoms with Crippen LogP contribution in [-0.2, 0) is 9.53 Å². The summed E-state index contributed by atoms with van der Waals surface area (Å²) in [5.74, 6) is -3.35. The first-order valence-electron chi connectivity index (χ1n) is 3.74. The van der Waals surface area contributed by atoms with Crippen molar-refractivity contribution in [3.8, 4) is 0 Å². The number of rotatable bonds is 1. The minimum Gasteiger partial charge on any atom is -0.468 e. The molecule has 1 saturated heterocycles. The molecule has 1 rings (SSSR count). The van der Waals surface area contributed by atoms with Gasteiger partial charge in [-0.05, 0) is 0 Å². The number of alkyl halides is 2. The molecular weight excluding hydrogens is 204 g/mol. The van der Waals surface area contributed by atoms with E-state index in [-0.39, 0.29) is 25.4 Å². The lowest BCUT2D eigenvalue weighted by Gasteiger charge is -2.28. The van der Waals surface area contributed by atoms with E-state index in [0.717, 1.165) is 0 Å². The molecule has 0 unspecified atom stereocenters. The Morgan fingerprint density at radius 1 is 1.62 bits per heavy atom. The number of hydrogen-bond donors (Lipinski definition) is 1. The summed E-state index contributed by atoms with van der Waals surface area (Å²) < 4.78 is 29.8. The normalized spacial score (nSPS) is 25.9. The van der Waals surface area contributed by atoms with Crippen LogP contribution in [0.1, 0.15) is 12.8 Å². The van der Waals surface area contributed by atoms with Gasteiger partial charge >= 0.3 is 5.97 Å². The molecule has 1 N–H and O–H groups in total. The smallest absolute Gasteiger partial charge is 0.323 e. The molecule has 1 fully saturated rings. The second-order valence-corrected chi connectivity index (χ2v) is 2.84. The van der Waals surface area contributed by atoms with E-state index in [1.807, 2.05) is 0 Å². The van der Waals surface area contributed by atoms with E-state index in [4.69, 9.17) is 0 Å². The van der Waals surface area contributed by atoms with Gasteiger partial charge in [0.25, 0.3) is 5.92 Å². The minimum absolute atomic E-state index is 0. The molecule has 0 aromatic heterocycles. The summed E-state index contributed by atoms with van der Waals surface area (Å²) in [6.07, 6.45) is -0.667. The van der Waals surface area contributed by atoms with Crippen molar-refractivity contribution in [1.82, 2.24) is 5.32 Å². The Morgan fingerprint density at radius 2 is 2.23 bits per heavy atom. The standard InChI is InChI=1S/C7H11F2NO2.ClH/c1-12-6(11)5-4-7(8,9)2-3-10-5;/h5,10H,2-4H2,1H3;1H/t5-;/m1./s1. The fraction of sp³-hybridized carbons (Fsp3) is 0.857. The summed E-state index contributed by atoms with van der Waals surface area (Å²) in [6, 6.07) is -0.848. The van der Waals surface area contributed by atoms with E-state index < -0.39 is 24.4 Å². The zero-order chi connectivity index (χ0) is 9.19. The first kappa shape index (κ1) is 12.6. The highest BCUT2D eigenvalue weighted by Gasteiger charge is 2.39. The number of ether oxygens (including phenoxy) is 1.